The molecule has 1 aliphatic heterocycles. The molecule has 2 rings (SSSR count). The Kier molecular flexibility index (Phi) is 3.93. The van der Waals surface area contributed by atoms with Gasteiger partial charge in [0.05, 0.1) is 0 Å². The average molecular weight is 286 g/mol. The van der Waals surface area contributed by atoms with Crippen molar-refractivity contribution >= 4 is 19.4 Å². The van der Waals surface area contributed by atoms with Crippen molar-refractivity contribution in [2.24, 2.45) is 0 Å². The molecule has 0 radical (unpaired) electrons. The van der Waals surface area contributed by atoms with Crippen LogP contribution in [0.25, 0.3) is 0 Å². The summed E-state index contributed by atoms with van der Waals surface area (Å²) in [5.41, 5.74) is 0. The van der Waals surface area contributed by atoms with Crippen LogP contribution in [-0.2, 0) is 4.74 Å². The minimum absolute atomic E-state index is 0.0272. The summed E-state index contributed by atoms with van der Waals surface area (Å²) < 4.78 is 6.70. The summed E-state index contributed by atoms with van der Waals surface area (Å²) in [7, 11) is 0. The number of ether oxygens (including phenoxy) is 1. The number of rotatable bonds is 3. The Bertz CT molecular complexity index is 358. The summed E-state index contributed by atoms with van der Waals surface area (Å²) in [6.07, 6.45) is 1.44. The van der Waals surface area contributed by atoms with Gasteiger partial charge in [-0.2, -0.15) is 0 Å². The molecule has 1 saturated heterocycles. The van der Waals surface area contributed by atoms with E-state index in [1.165, 1.54) is 0 Å². The fourth-order valence-corrected chi connectivity index (χ4v) is 4.08. The molecule has 2 atom stereocenters. The van der Waals surface area contributed by atoms with Gasteiger partial charge in [0.25, 0.3) is 0 Å². The molecule has 0 amide bonds. The standard InChI is InChI=1S/C11H13NO3Se/c13-12(14)10-7-4-8-15-11(10)16-9-5-2-1-3-6-9/h1-3,5-6,10-11H,4,7-8H2/t10-,11+/m1/s1. The van der Waals surface area contributed by atoms with Crippen LogP contribution in [0.2, 0.25) is 0 Å². The Hall–Kier alpha value is -0.901. The van der Waals surface area contributed by atoms with E-state index in [2.05, 4.69) is 0 Å². The van der Waals surface area contributed by atoms with E-state index in [1.54, 1.807) is 0 Å². The molecule has 0 aromatic heterocycles. The molecule has 16 heavy (non-hydrogen) atoms. The molecule has 0 aliphatic carbocycles. The molecule has 1 fully saturated rings. The van der Waals surface area contributed by atoms with Crippen molar-refractivity contribution in [1.29, 1.82) is 0 Å². The molecule has 0 saturated carbocycles. The summed E-state index contributed by atoms with van der Waals surface area (Å²) in [4.78, 5) is 10.7. The third-order valence-corrected chi connectivity index (χ3v) is 5.08. The summed E-state index contributed by atoms with van der Waals surface area (Å²) in [6, 6.07) is 9.37. The van der Waals surface area contributed by atoms with Crippen molar-refractivity contribution in [3.05, 3.63) is 40.4 Å². The Morgan fingerprint density at radius 3 is 2.81 bits per heavy atom. The molecule has 0 spiro atoms. The van der Waals surface area contributed by atoms with Crippen LogP contribution in [0.15, 0.2) is 30.3 Å². The van der Waals surface area contributed by atoms with Crippen molar-refractivity contribution in [2.45, 2.75) is 23.9 Å². The molecule has 0 N–H and O–H groups in total. The Morgan fingerprint density at radius 2 is 2.12 bits per heavy atom. The molecule has 1 aliphatic rings. The van der Waals surface area contributed by atoms with Gasteiger partial charge in [0.2, 0.25) is 0 Å². The Balaban J connectivity index is 2.04. The minimum atomic E-state index is -0.519. The third kappa shape index (κ3) is 2.82. The van der Waals surface area contributed by atoms with Gasteiger partial charge in [-0.1, -0.05) is 0 Å². The average Bonchev–Trinajstić information content (AvgIpc) is 2.31. The fourth-order valence-electron chi connectivity index (χ4n) is 1.69. The van der Waals surface area contributed by atoms with E-state index in [-0.39, 0.29) is 24.9 Å². The zero-order valence-corrected chi connectivity index (χ0v) is 10.5. The zero-order valence-electron chi connectivity index (χ0n) is 8.74. The molecule has 1 aromatic carbocycles. The van der Waals surface area contributed by atoms with Crippen LogP contribution in [0.5, 0.6) is 0 Å². The second kappa shape index (κ2) is 5.43. The van der Waals surface area contributed by atoms with E-state index in [0.29, 0.717) is 13.0 Å². The molecule has 1 aromatic rings. The zero-order chi connectivity index (χ0) is 11.4. The van der Waals surface area contributed by atoms with Crippen LogP contribution in [0.3, 0.4) is 0 Å². The topological polar surface area (TPSA) is 52.4 Å². The van der Waals surface area contributed by atoms with Gasteiger partial charge in [-0.05, 0) is 0 Å². The number of hydrogen-bond donors (Lipinski definition) is 0. The summed E-state index contributed by atoms with van der Waals surface area (Å²) in [6.45, 7) is 0.656. The first kappa shape index (κ1) is 11.6. The molecular formula is C11H13NO3Se. The predicted molar refractivity (Wildman–Crippen MR) is 61.6 cm³/mol. The van der Waals surface area contributed by atoms with Gasteiger partial charge in [0, 0.05) is 0 Å². The molecular weight excluding hydrogens is 273 g/mol. The molecule has 86 valence electrons. The first-order valence-corrected chi connectivity index (χ1v) is 7.09. The van der Waals surface area contributed by atoms with Crippen molar-refractivity contribution in [1.82, 2.24) is 0 Å². The van der Waals surface area contributed by atoms with Gasteiger partial charge in [-0.15, -0.1) is 0 Å². The fraction of sp³-hybridized carbons (Fsp3) is 0.455. The van der Waals surface area contributed by atoms with E-state index in [1.807, 2.05) is 30.3 Å². The Labute approximate surface area is 100 Å². The van der Waals surface area contributed by atoms with Gasteiger partial charge in [-0.3, -0.25) is 0 Å². The molecule has 0 bridgehead atoms. The van der Waals surface area contributed by atoms with Gasteiger partial charge in [-0.25, -0.2) is 0 Å². The van der Waals surface area contributed by atoms with E-state index in [0.717, 1.165) is 10.9 Å². The number of nitrogens with zero attached hydrogens (tertiary/aromatic N) is 1. The first-order valence-electron chi connectivity index (χ1n) is 5.24. The molecule has 5 heteroatoms. The van der Waals surface area contributed by atoms with Crippen LogP contribution in [0, 0.1) is 10.1 Å². The van der Waals surface area contributed by atoms with Crippen LogP contribution in [0.4, 0.5) is 0 Å². The Morgan fingerprint density at radius 1 is 1.38 bits per heavy atom. The summed E-state index contributed by atoms with van der Waals surface area (Å²) in [5, 5.41) is 10.7. The van der Waals surface area contributed by atoms with E-state index in [4.69, 9.17) is 4.74 Å². The molecule has 1 heterocycles. The maximum absolute atomic E-state index is 10.9. The number of benzene rings is 1. The van der Waals surface area contributed by atoms with Crippen LogP contribution in [0.1, 0.15) is 12.8 Å². The second-order valence-electron chi connectivity index (χ2n) is 3.67. The van der Waals surface area contributed by atoms with Crippen molar-refractivity contribution in [2.75, 3.05) is 6.61 Å². The quantitative estimate of drug-likeness (QED) is 0.469. The van der Waals surface area contributed by atoms with E-state index in [9.17, 15) is 10.1 Å². The van der Waals surface area contributed by atoms with Crippen LogP contribution in [-0.4, -0.2) is 37.5 Å². The first-order chi connectivity index (χ1) is 7.77. The van der Waals surface area contributed by atoms with Gasteiger partial charge < -0.3 is 0 Å². The monoisotopic (exact) mass is 287 g/mol. The van der Waals surface area contributed by atoms with Gasteiger partial charge in [0.15, 0.2) is 0 Å². The van der Waals surface area contributed by atoms with E-state index < -0.39 is 6.04 Å². The van der Waals surface area contributed by atoms with Crippen LogP contribution < -0.4 is 4.46 Å². The SMILES string of the molecule is O=[N+]([O-])[C@@H]1CCCO[C@H]1[Se]c1ccccc1. The predicted octanol–water partition coefficient (Wildman–Crippen LogP) is 0.798. The molecule has 4 nitrogen and oxygen atoms in total. The van der Waals surface area contributed by atoms with Gasteiger partial charge >= 0.3 is 100 Å². The van der Waals surface area contributed by atoms with Crippen molar-refractivity contribution < 1.29 is 9.66 Å². The van der Waals surface area contributed by atoms with Crippen molar-refractivity contribution in [3.8, 4) is 0 Å². The summed E-state index contributed by atoms with van der Waals surface area (Å²) >= 11 is 0.0272. The van der Waals surface area contributed by atoms with Crippen molar-refractivity contribution in [3.63, 3.8) is 0 Å². The maximum atomic E-state index is 10.9. The summed E-state index contributed by atoms with van der Waals surface area (Å²) in [5.74, 6) is 0. The van der Waals surface area contributed by atoms with E-state index >= 15 is 0 Å². The third-order valence-electron chi connectivity index (χ3n) is 2.51. The van der Waals surface area contributed by atoms with Gasteiger partial charge in [0.1, 0.15) is 0 Å². The second-order valence-corrected chi connectivity index (χ2v) is 6.12. The van der Waals surface area contributed by atoms with Crippen LogP contribution >= 0.6 is 0 Å². The number of nitro groups is 1. The number of hydrogen-bond acceptors (Lipinski definition) is 3. The normalized spacial score (nSPS) is 25.2. The molecule has 0 unspecified atom stereocenters.